The standard InChI is InChI=1S/C21H19N5O3/c27-21-25(9-4-12-28-21)10-11-26-14-22-19(15-5-2-1-3-6-15)20(26)16-7-8-17-18(13-16)24-29-23-17/h1-3,5-8,13-14H,4,9-12H2. The first-order chi connectivity index (χ1) is 14.3. The molecule has 3 heterocycles. The number of aromatic nitrogens is 4. The van der Waals surface area contributed by atoms with Crippen LogP contribution in [0.2, 0.25) is 0 Å². The highest BCUT2D eigenvalue weighted by Gasteiger charge is 2.21. The Morgan fingerprint density at radius 1 is 0.966 bits per heavy atom. The Kier molecular flexibility index (Phi) is 4.44. The Hall–Kier alpha value is -3.68. The zero-order valence-electron chi connectivity index (χ0n) is 15.7. The quantitative estimate of drug-likeness (QED) is 0.518. The van der Waals surface area contributed by atoms with Crippen LogP contribution in [0.1, 0.15) is 6.42 Å². The molecule has 1 fully saturated rings. The van der Waals surface area contributed by atoms with Gasteiger partial charge in [-0.1, -0.05) is 36.4 Å². The molecule has 0 saturated carbocycles. The predicted molar refractivity (Wildman–Crippen MR) is 106 cm³/mol. The minimum atomic E-state index is -0.253. The fourth-order valence-electron chi connectivity index (χ4n) is 3.62. The van der Waals surface area contributed by atoms with Crippen molar-refractivity contribution in [3.8, 4) is 22.5 Å². The van der Waals surface area contributed by atoms with Crippen LogP contribution in [-0.4, -0.2) is 50.6 Å². The Morgan fingerprint density at radius 3 is 2.69 bits per heavy atom. The molecule has 0 radical (unpaired) electrons. The number of amides is 1. The zero-order chi connectivity index (χ0) is 19.6. The number of hydrogen-bond donors (Lipinski definition) is 0. The average Bonchev–Trinajstić information content (AvgIpc) is 3.40. The van der Waals surface area contributed by atoms with Gasteiger partial charge in [0, 0.05) is 30.8 Å². The highest BCUT2D eigenvalue weighted by atomic mass is 16.6. The van der Waals surface area contributed by atoms with E-state index in [1.54, 1.807) is 4.90 Å². The SMILES string of the molecule is O=C1OCCCN1CCn1cnc(-c2ccccc2)c1-c1ccc2nonc2c1. The number of ether oxygens (including phenoxy) is 1. The molecule has 146 valence electrons. The summed E-state index contributed by atoms with van der Waals surface area (Å²) in [6.07, 6.45) is 2.42. The Bertz CT molecular complexity index is 1150. The fourth-order valence-corrected chi connectivity index (χ4v) is 3.62. The number of cyclic esters (lactones) is 1. The summed E-state index contributed by atoms with van der Waals surface area (Å²) in [5.41, 5.74) is 5.22. The van der Waals surface area contributed by atoms with Gasteiger partial charge < -0.3 is 14.2 Å². The van der Waals surface area contributed by atoms with Gasteiger partial charge in [0.05, 0.1) is 24.3 Å². The Morgan fingerprint density at radius 2 is 1.83 bits per heavy atom. The van der Waals surface area contributed by atoms with Crippen molar-refractivity contribution in [1.82, 2.24) is 24.8 Å². The monoisotopic (exact) mass is 389 g/mol. The van der Waals surface area contributed by atoms with Crippen LogP contribution in [0.15, 0.2) is 59.5 Å². The van der Waals surface area contributed by atoms with Crippen molar-refractivity contribution in [1.29, 1.82) is 0 Å². The van der Waals surface area contributed by atoms with Crippen LogP contribution in [0.5, 0.6) is 0 Å². The number of nitrogens with zero attached hydrogens (tertiary/aromatic N) is 5. The second-order valence-electron chi connectivity index (χ2n) is 6.92. The molecule has 2 aromatic carbocycles. The molecule has 8 heteroatoms. The lowest BCUT2D eigenvalue weighted by molar-refractivity contribution is 0.0716. The zero-order valence-corrected chi connectivity index (χ0v) is 15.7. The normalized spacial score (nSPS) is 14.3. The molecular weight excluding hydrogens is 370 g/mol. The summed E-state index contributed by atoms with van der Waals surface area (Å²) in [7, 11) is 0. The minimum absolute atomic E-state index is 0.253. The molecule has 1 amide bonds. The smallest absolute Gasteiger partial charge is 0.409 e. The molecule has 0 bridgehead atoms. The van der Waals surface area contributed by atoms with Gasteiger partial charge in [-0.15, -0.1) is 0 Å². The number of imidazole rings is 1. The number of benzene rings is 2. The molecule has 5 rings (SSSR count). The first kappa shape index (κ1) is 17.4. The molecule has 0 unspecified atom stereocenters. The average molecular weight is 389 g/mol. The molecule has 0 atom stereocenters. The highest BCUT2D eigenvalue weighted by molar-refractivity contribution is 5.85. The second kappa shape index (κ2) is 7.38. The fraction of sp³-hybridized carbons (Fsp3) is 0.238. The maximum atomic E-state index is 12.0. The van der Waals surface area contributed by atoms with Crippen molar-refractivity contribution in [3.05, 3.63) is 54.9 Å². The van der Waals surface area contributed by atoms with E-state index >= 15 is 0 Å². The van der Waals surface area contributed by atoms with Crippen molar-refractivity contribution >= 4 is 17.1 Å². The van der Waals surface area contributed by atoms with Gasteiger partial charge in [0.15, 0.2) is 0 Å². The van der Waals surface area contributed by atoms with E-state index in [4.69, 9.17) is 9.37 Å². The van der Waals surface area contributed by atoms with E-state index in [0.717, 1.165) is 28.9 Å². The summed E-state index contributed by atoms with van der Waals surface area (Å²) >= 11 is 0. The van der Waals surface area contributed by atoms with Crippen molar-refractivity contribution < 1.29 is 14.2 Å². The molecular formula is C21H19N5O3. The summed E-state index contributed by atoms with van der Waals surface area (Å²) < 4.78 is 12.1. The van der Waals surface area contributed by atoms with Crippen molar-refractivity contribution in [2.45, 2.75) is 13.0 Å². The van der Waals surface area contributed by atoms with Gasteiger partial charge in [0.25, 0.3) is 0 Å². The molecule has 2 aromatic heterocycles. The first-order valence-electron chi connectivity index (χ1n) is 9.54. The number of rotatable bonds is 5. The number of fused-ring (bicyclic) bond motifs is 1. The highest BCUT2D eigenvalue weighted by Crippen LogP contribution is 2.32. The van der Waals surface area contributed by atoms with Gasteiger partial charge in [0.2, 0.25) is 0 Å². The summed E-state index contributed by atoms with van der Waals surface area (Å²) in [5.74, 6) is 0. The number of carbonyl (C=O) groups excluding carboxylic acids is 1. The Balaban J connectivity index is 1.54. The van der Waals surface area contributed by atoms with Gasteiger partial charge in [-0.05, 0) is 28.9 Å². The third kappa shape index (κ3) is 3.33. The lowest BCUT2D eigenvalue weighted by Crippen LogP contribution is -2.39. The molecule has 0 N–H and O–H groups in total. The molecule has 0 aliphatic carbocycles. The molecule has 1 aliphatic rings. The largest absolute Gasteiger partial charge is 0.449 e. The number of carbonyl (C=O) groups is 1. The van der Waals surface area contributed by atoms with E-state index in [1.807, 2.05) is 54.9 Å². The first-order valence-corrected chi connectivity index (χ1v) is 9.54. The Labute approximate surface area is 166 Å². The van der Waals surface area contributed by atoms with E-state index in [0.29, 0.717) is 37.3 Å². The van der Waals surface area contributed by atoms with E-state index in [-0.39, 0.29) is 6.09 Å². The number of hydrogen-bond acceptors (Lipinski definition) is 6. The molecule has 29 heavy (non-hydrogen) atoms. The van der Waals surface area contributed by atoms with Crippen LogP contribution in [-0.2, 0) is 11.3 Å². The molecule has 1 aliphatic heterocycles. The molecule has 1 saturated heterocycles. The lowest BCUT2D eigenvalue weighted by Gasteiger charge is -2.26. The molecule has 8 nitrogen and oxygen atoms in total. The third-order valence-corrected chi connectivity index (χ3v) is 5.08. The topological polar surface area (TPSA) is 86.3 Å². The summed E-state index contributed by atoms with van der Waals surface area (Å²) in [6.45, 7) is 2.38. The predicted octanol–water partition coefficient (Wildman–Crippen LogP) is 3.60. The summed E-state index contributed by atoms with van der Waals surface area (Å²) in [4.78, 5) is 18.4. The maximum absolute atomic E-state index is 12.0. The van der Waals surface area contributed by atoms with Gasteiger partial charge in [-0.25, -0.2) is 14.4 Å². The van der Waals surface area contributed by atoms with Crippen LogP contribution < -0.4 is 0 Å². The third-order valence-electron chi connectivity index (χ3n) is 5.08. The lowest BCUT2D eigenvalue weighted by atomic mass is 10.0. The van der Waals surface area contributed by atoms with Gasteiger partial charge in [0.1, 0.15) is 11.0 Å². The van der Waals surface area contributed by atoms with Crippen LogP contribution in [0.3, 0.4) is 0 Å². The van der Waals surface area contributed by atoms with Crippen LogP contribution in [0, 0.1) is 0 Å². The van der Waals surface area contributed by atoms with E-state index in [2.05, 4.69) is 19.9 Å². The second-order valence-corrected chi connectivity index (χ2v) is 6.92. The van der Waals surface area contributed by atoms with Gasteiger partial charge in [-0.2, -0.15) is 0 Å². The van der Waals surface area contributed by atoms with Crippen molar-refractivity contribution in [2.75, 3.05) is 19.7 Å². The van der Waals surface area contributed by atoms with Crippen LogP contribution >= 0.6 is 0 Å². The van der Waals surface area contributed by atoms with Crippen LogP contribution in [0.25, 0.3) is 33.5 Å². The summed E-state index contributed by atoms with van der Waals surface area (Å²) in [5, 5.41) is 7.85. The van der Waals surface area contributed by atoms with E-state index < -0.39 is 0 Å². The maximum Gasteiger partial charge on any atom is 0.409 e. The van der Waals surface area contributed by atoms with Gasteiger partial charge >= 0.3 is 6.09 Å². The van der Waals surface area contributed by atoms with Crippen molar-refractivity contribution in [2.24, 2.45) is 0 Å². The van der Waals surface area contributed by atoms with Gasteiger partial charge in [-0.3, -0.25) is 0 Å². The minimum Gasteiger partial charge on any atom is -0.449 e. The molecule has 4 aromatic rings. The molecule has 0 spiro atoms. The summed E-state index contributed by atoms with van der Waals surface area (Å²) in [6, 6.07) is 15.9. The van der Waals surface area contributed by atoms with E-state index in [1.165, 1.54) is 0 Å². The van der Waals surface area contributed by atoms with E-state index in [9.17, 15) is 4.79 Å². The van der Waals surface area contributed by atoms with Crippen molar-refractivity contribution in [3.63, 3.8) is 0 Å². The van der Waals surface area contributed by atoms with Crippen LogP contribution in [0.4, 0.5) is 4.79 Å².